The van der Waals surface area contributed by atoms with Crippen LogP contribution in [0.25, 0.3) is 5.69 Å². The summed E-state index contributed by atoms with van der Waals surface area (Å²) in [7, 11) is 0. The van der Waals surface area contributed by atoms with Gasteiger partial charge in [-0.25, -0.2) is 4.68 Å². The molecule has 0 spiro atoms. The van der Waals surface area contributed by atoms with Crippen molar-refractivity contribution < 1.29 is 4.79 Å². The lowest BCUT2D eigenvalue weighted by Gasteiger charge is -2.09. The number of amides is 1. The molecule has 0 bridgehead atoms. The molecule has 1 unspecified atom stereocenters. The fraction of sp³-hybridized carbons (Fsp3) is 0.375. The number of benzene rings is 1. The van der Waals surface area contributed by atoms with Crippen LogP contribution < -0.4 is 10.6 Å². The molecule has 0 radical (unpaired) electrons. The van der Waals surface area contributed by atoms with E-state index in [9.17, 15) is 4.79 Å². The molecule has 1 aromatic carbocycles. The Balaban J connectivity index is 1.51. The maximum atomic E-state index is 11.9. The van der Waals surface area contributed by atoms with Gasteiger partial charge in [-0.15, -0.1) is 0 Å². The second-order valence-electron chi connectivity index (χ2n) is 5.40. The number of rotatable bonds is 5. The Morgan fingerprint density at radius 3 is 3.00 bits per heavy atom. The maximum Gasteiger partial charge on any atom is 0.221 e. The van der Waals surface area contributed by atoms with Crippen molar-refractivity contribution in [2.45, 2.75) is 31.8 Å². The molecular formula is C16H20N4O. The molecule has 1 saturated heterocycles. The van der Waals surface area contributed by atoms with Crippen LogP contribution in [-0.2, 0) is 11.3 Å². The summed E-state index contributed by atoms with van der Waals surface area (Å²) in [6, 6.07) is 10.3. The first kappa shape index (κ1) is 13.8. The third kappa shape index (κ3) is 3.70. The largest absolute Gasteiger partial charge is 0.352 e. The Morgan fingerprint density at radius 1 is 1.38 bits per heavy atom. The molecule has 1 aliphatic rings. The monoisotopic (exact) mass is 284 g/mol. The summed E-state index contributed by atoms with van der Waals surface area (Å²) in [4.78, 5) is 11.9. The van der Waals surface area contributed by atoms with Gasteiger partial charge < -0.3 is 10.6 Å². The average Bonchev–Trinajstić information content (AvgIpc) is 3.17. The number of nitrogens with one attached hydrogen (secondary N) is 2. The van der Waals surface area contributed by atoms with Crippen LogP contribution in [0.2, 0.25) is 0 Å². The van der Waals surface area contributed by atoms with E-state index in [4.69, 9.17) is 0 Å². The molecule has 5 heteroatoms. The fourth-order valence-corrected chi connectivity index (χ4v) is 2.60. The van der Waals surface area contributed by atoms with Crippen LogP contribution >= 0.6 is 0 Å². The average molecular weight is 284 g/mol. The van der Waals surface area contributed by atoms with E-state index in [2.05, 4.69) is 15.7 Å². The van der Waals surface area contributed by atoms with E-state index in [-0.39, 0.29) is 5.91 Å². The molecule has 1 amide bonds. The van der Waals surface area contributed by atoms with Crippen molar-refractivity contribution in [1.29, 1.82) is 0 Å². The number of para-hydroxylation sites is 1. The summed E-state index contributed by atoms with van der Waals surface area (Å²) in [5.41, 5.74) is 2.02. The van der Waals surface area contributed by atoms with Gasteiger partial charge in [-0.3, -0.25) is 4.79 Å². The molecular weight excluding hydrogens is 264 g/mol. The number of nitrogens with zero attached hydrogens (tertiary/aromatic N) is 2. The molecule has 1 aliphatic heterocycles. The molecule has 1 atom stereocenters. The van der Waals surface area contributed by atoms with E-state index in [1.165, 1.54) is 6.42 Å². The molecule has 110 valence electrons. The van der Waals surface area contributed by atoms with Gasteiger partial charge in [0.2, 0.25) is 5.91 Å². The lowest BCUT2D eigenvalue weighted by molar-refractivity contribution is -0.121. The Labute approximate surface area is 124 Å². The second kappa shape index (κ2) is 6.54. The summed E-state index contributed by atoms with van der Waals surface area (Å²) in [6.07, 6.45) is 6.57. The van der Waals surface area contributed by atoms with Gasteiger partial charge in [0, 0.05) is 30.8 Å². The number of carbonyl (C=O) groups excluding carboxylic acids is 1. The zero-order valence-electron chi connectivity index (χ0n) is 12.0. The molecule has 3 rings (SSSR count). The first-order valence-corrected chi connectivity index (χ1v) is 7.40. The highest BCUT2D eigenvalue weighted by Crippen LogP contribution is 2.09. The van der Waals surface area contributed by atoms with Crippen molar-refractivity contribution in [3.05, 3.63) is 48.3 Å². The summed E-state index contributed by atoms with van der Waals surface area (Å²) in [6.45, 7) is 1.56. The SMILES string of the molecule is O=C(CC1CCCN1)NCc1cnn(-c2ccccc2)c1. The summed E-state index contributed by atoms with van der Waals surface area (Å²) >= 11 is 0. The number of hydrogen-bond acceptors (Lipinski definition) is 3. The van der Waals surface area contributed by atoms with Crippen LogP contribution in [0.5, 0.6) is 0 Å². The standard InChI is InChI=1S/C16H20N4O/c21-16(9-14-5-4-8-17-14)18-10-13-11-19-20(12-13)15-6-2-1-3-7-15/h1-3,6-7,11-12,14,17H,4-5,8-10H2,(H,18,21). The van der Waals surface area contributed by atoms with E-state index in [0.717, 1.165) is 24.2 Å². The molecule has 2 N–H and O–H groups in total. The smallest absolute Gasteiger partial charge is 0.221 e. The highest BCUT2D eigenvalue weighted by molar-refractivity contribution is 5.76. The third-order valence-electron chi connectivity index (χ3n) is 3.74. The van der Waals surface area contributed by atoms with Gasteiger partial charge >= 0.3 is 0 Å². The lowest BCUT2D eigenvalue weighted by atomic mass is 10.1. The summed E-state index contributed by atoms with van der Waals surface area (Å²) in [5.74, 6) is 0.0989. The Kier molecular flexibility index (Phi) is 4.31. The van der Waals surface area contributed by atoms with Crippen LogP contribution in [0.15, 0.2) is 42.7 Å². The second-order valence-corrected chi connectivity index (χ2v) is 5.40. The Morgan fingerprint density at radius 2 is 2.24 bits per heavy atom. The quantitative estimate of drug-likeness (QED) is 0.877. The van der Waals surface area contributed by atoms with Crippen LogP contribution in [0.3, 0.4) is 0 Å². The summed E-state index contributed by atoms with van der Waals surface area (Å²) < 4.78 is 1.82. The van der Waals surface area contributed by atoms with E-state index in [1.54, 1.807) is 6.20 Å². The van der Waals surface area contributed by atoms with Gasteiger partial charge in [0.05, 0.1) is 11.9 Å². The van der Waals surface area contributed by atoms with Gasteiger partial charge in [-0.1, -0.05) is 18.2 Å². The Hall–Kier alpha value is -2.14. The van der Waals surface area contributed by atoms with Crippen molar-refractivity contribution in [3.63, 3.8) is 0 Å². The lowest BCUT2D eigenvalue weighted by Crippen LogP contribution is -2.31. The maximum absolute atomic E-state index is 11.9. The van der Waals surface area contributed by atoms with Crippen molar-refractivity contribution in [2.24, 2.45) is 0 Å². The topological polar surface area (TPSA) is 59.0 Å². The van der Waals surface area contributed by atoms with Crippen LogP contribution in [0, 0.1) is 0 Å². The van der Waals surface area contributed by atoms with E-state index >= 15 is 0 Å². The first-order valence-electron chi connectivity index (χ1n) is 7.40. The van der Waals surface area contributed by atoms with Crippen molar-refractivity contribution >= 4 is 5.91 Å². The molecule has 2 heterocycles. The molecule has 0 saturated carbocycles. The van der Waals surface area contributed by atoms with Crippen LogP contribution in [0.1, 0.15) is 24.8 Å². The zero-order chi connectivity index (χ0) is 14.5. The van der Waals surface area contributed by atoms with Gasteiger partial charge in [-0.2, -0.15) is 5.10 Å². The minimum Gasteiger partial charge on any atom is -0.352 e. The molecule has 0 aliphatic carbocycles. The minimum absolute atomic E-state index is 0.0989. The predicted octanol–water partition coefficient (Wildman–Crippen LogP) is 1.63. The molecule has 1 fully saturated rings. The Bertz CT molecular complexity index is 587. The van der Waals surface area contributed by atoms with Gasteiger partial charge in [0.15, 0.2) is 0 Å². The van der Waals surface area contributed by atoms with Crippen LogP contribution in [0.4, 0.5) is 0 Å². The molecule has 1 aromatic heterocycles. The van der Waals surface area contributed by atoms with Crippen molar-refractivity contribution in [1.82, 2.24) is 20.4 Å². The van der Waals surface area contributed by atoms with Gasteiger partial charge in [0.25, 0.3) is 0 Å². The van der Waals surface area contributed by atoms with Crippen molar-refractivity contribution in [3.8, 4) is 5.69 Å². The van der Waals surface area contributed by atoms with E-state index in [1.807, 2.05) is 41.2 Å². The predicted molar refractivity (Wildman–Crippen MR) is 81.1 cm³/mol. The highest BCUT2D eigenvalue weighted by atomic mass is 16.1. The number of aromatic nitrogens is 2. The first-order chi connectivity index (χ1) is 10.3. The van der Waals surface area contributed by atoms with Gasteiger partial charge in [-0.05, 0) is 31.5 Å². The third-order valence-corrected chi connectivity index (χ3v) is 3.74. The van der Waals surface area contributed by atoms with Crippen LogP contribution in [-0.4, -0.2) is 28.3 Å². The van der Waals surface area contributed by atoms with E-state index < -0.39 is 0 Å². The zero-order valence-corrected chi connectivity index (χ0v) is 12.0. The van der Waals surface area contributed by atoms with Crippen molar-refractivity contribution in [2.75, 3.05) is 6.54 Å². The summed E-state index contributed by atoms with van der Waals surface area (Å²) in [5, 5.41) is 10.6. The molecule has 2 aromatic rings. The van der Waals surface area contributed by atoms with E-state index in [0.29, 0.717) is 19.0 Å². The highest BCUT2D eigenvalue weighted by Gasteiger charge is 2.17. The number of carbonyl (C=O) groups is 1. The van der Waals surface area contributed by atoms with Gasteiger partial charge in [0.1, 0.15) is 0 Å². The molecule has 21 heavy (non-hydrogen) atoms. The minimum atomic E-state index is 0.0989. The number of hydrogen-bond donors (Lipinski definition) is 2. The molecule has 5 nitrogen and oxygen atoms in total. The normalized spacial score (nSPS) is 17.8. The fourth-order valence-electron chi connectivity index (χ4n) is 2.60.